The maximum absolute atomic E-state index is 12.6. The predicted molar refractivity (Wildman–Crippen MR) is 104 cm³/mol. The van der Waals surface area contributed by atoms with Crippen molar-refractivity contribution in [2.75, 3.05) is 13.7 Å². The number of amides is 1. The number of nitrogens with zero attached hydrogens (tertiary/aromatic N) is 2. The number of hydrogen-bond acceptors (Lipinski definition) is 4. The van der Waals surface area contributed by atoms with Crippen LogP contribution in [0.5, 0.6) is 11.5 Å². The standard InChI is InChI=1S/C21H21N3O3.W/c1-26-17-9-10-19-18(16-17)21(25)23-11-5-2-4-8-20-22-12-14-24(20)13-6-3-7-15-27-19;/h2-5,7,9-12,14,16H,6,13,15H2,1H3,(H,23,25);. The van der Waals surface area contributed by atoms with Crippen LogP contribution in [0.1, 0.15) is 22.6 Å². The third-order valence-corrected chi connectivity index (χ3v) is 5.22. The second-order valence-electron chi connectivity index (χ2n) is 5.93. The second kappa shape index (κ2) is 10.00. The Kier molecular flexibility index (Phi) is 7.15. The number of fused-ring (bicyclic) bond motifs is 2. The van der Waals surface area contributed by atoms with Crippen molar-refractivity contribution in [2.24, 2.45) is 0 Å². The predicted octanol–water partition coefficient (Wildman–Crippen LogP) is 2.80. The molecule has 2 aromatic rings. The zero-order valence-corrected chi connectivity index (χ0v) is 18.4. The molecule has 1 amide bonds. The Labute approximate surface area is 175 Å². The number of carbonyl (C=O) groups is 1. The Morgan fingerprint density at radius 1 is 1.29 bits per heavy atom. The van der Waals surface area contributed by atoms with Crippen LogP contribution in [0.25, 0.3) is 0 Å². The average molecular weight is 547 g/mol. The normalized spacial score (nSPS) is 15.2. The molecule has 2 heterocycles. The molecule has 0 radical (unpaired) electrons. The van der Waals surface area contributed by atoms with Crippen molar-refractivity contribution in [3.8, 4) is 11.5 Å². The van der Waals surface area contributed by atoms with Gasteiger partial charge in [0.15, 0.2) is 0 Å². The van der Waals surface area contributed by atoms with Crippen molar-refractivity contribution in [3.63, 3.8) is 0 Å². The average Bonchev–Trinajstić information content (AvgIpc) is 3.18. The minimum absolute atomic E-state index is 0.256. The van der Waals surface area contributed by atoms with E-state index in [4.69, 9.17) is 9.47 Å². The van der Waals surface area contributed by atoms with E-state index in [-0.39, 0.29) is 5.91 Å². The molecular formula is C21H21N3O3W. The number of allylic oxidation sites excluding steroid dienone is 4. The molecule has 6 nitrogen and oxygen atoms in total. The second-order valence-corrected chi connectivity index (χ2v) is 7.51. The van der Waals surface area contributed by atoms with E-state index >= 15 is 0 Å². The zero-order valence-electron chi connectivity index (χ0n) is 15.5. The number of carbonyl (C=O) groups excluding carboxylic acids is 1. The van der Waals surface area contributed by atoms with E-state index in [0.717, 1.165) is 22.7 Å². The molecule has 28 heavy (non-hydrogen) atoms. The molecule has 3 rings (SSSR count). The number of aryl methyl sites for hydroxylation is 1. The SMILES string of the molecule is COc1ccc2c(c1)C(=O)NC=CC=C[C](=[W])c1nccn1CCC=CCO2. The Hall–Kier alpha value is -2.72. The summed E-state index contributed by atoms with van der Waals surface area (Å²) in [6.07, 6.45) is 16.0. The summed E-state index contributed by atoms with van der Waals surface area (Å²) in [6, 6.07) is 5.20. The molecule has 0 aliphatic carbocycles. The molecular weight excluding hydrogens is 526 g/mol. The van der Waals surface area contributed by atoms with E-state index < -0.39 is 0 Å². The first-order valence-electron chi connectivity index (χ1n) is 8.84. The fourth-order valence-corrected chi connectivity index (χ4v) is 3.56. The number of benzene rings is 1. The van der Waals surface area contributed by atoms with Crippen LogP contribution >= 0.6 is 0 Å². The number of rotatable bonds is 1. The molecule has 0 atom stereocenters. The van der Waals surface area contributed by atoms with Crippen LogP contribution in [0.2, 0.25) is 0 Å². The molecule has 0 saturated heterocycles. The monoisotopic (exact) mass is 547 g/mol. The summed E-state index contributed by atoms with van der Waals surface area (Å²) in [5.41, 5.74) is 0.429. The minimum atomic E-state index is -0.256. The molecule has 0 unspecified atom stereocenters. The Balaban J connectivity index is 1.85. The quantitative estimate of drug-likeness (QED) is 0.559. The van der Waals surface area contributed by atoms with Crippen molar-refractivity contribution in [3.05, 3.63) is 78.6 Å². The Morgan fingerprint density at radius 3 is 3.04 bits per heavy atom. The van der Waals surface area contributed by atoms with Crippen molar-refractivity contribution in [1.82, 2.24) is 14.9 Å². The molecule has 144 valence electrons. The van der Waals surface area contributed by atoms with Gasteiger partial charge in [-0.15, -0.1) is 0 Å². The van der Waals surface area contributed by atoms with Crippen molar-refractivity contribution in [2.45, 2.75) is 13.0 Å². The summed E-state index contributed by atoms with van der Waals surface area (Å²) >= 11 is 1.33. The Bertz CT molecular complexity index is 944. The summed E-state index contributed by atoms with van der Waals surface area (Å²) < 4.78 is 14.3. The first kappa shape index (κ1) is 20.0. The summed E-state index contributed by atoms with van der Waals surface area (Å²) in [6.45, 7) is 1.23. The first-order valence-corrected chi connectivity index (χ1v) is 10.3. The van der Waals surface area contributed by atoms with Crippen molar-refractivity contribution >= 4 is 9.81 Å². The topological polar surface area (TPSA) is 65.4 Å². The zero-order chi connectivity index (χ0) is 19.8. The summed E-state index contributed by atoms with van der Waals surface area (Å²) in [7, 11) is 1.57. The number of methoxy groups -OCH3 is 1. The molecule has 0 fully saturated rings. The van der Waals surface area contributed by atoms with Crippen LogP contribution in [0.4, 0.5) is 0 Å². The molecule has 1 aliphatic heterocycles. The van der Waals surface area contributed by atoms with Gasteiger partial charge in [0.1, 0.15) is 0 Å². The molecule has 1 aromatic heterocycles. The van der Waals surface area contributed by atoms with Gasteiger partial charge < -0.3 is 0 Å². The number of imidazole rings is 1. The van der Waals surface area contributed by atoms with Gasteiger partial charge in [-0.05, 0) is 0 Å². The summed E-state index contributed by atoms with van der Waals surface area (Å²) in [5, 5.41) is 2.77. The van der Waals surface area contributed by atoms with Gasteiger partial charge in [-0.3, -0.25) is 0 Å². The van der Waals surface area contributed by atoms with E-state index in [0.29, 0.717) is 23.7 Å². The van der Waals surface area contributed by atoms with Crippen molar-refractivity contribution in [1.29, 1.82) is 0 Å². The molecule has 0 spiro atoms. The number of hydrogen-bond donors (Lipinski definition) is 1. The summed E-state index contributed by atoms with van der Waals surface area (Å²) in [5.74, 6) is 1.83. The van der Waals surface area contributed by atoms with E-state index in [9.17, 15) is 4.79 Å². The third kappa shape index (κ3) is 5.17. The van der Waals surface area contributed by atoms with Gasteiger partial charge in [-0.1, -0.05) is 0 Å². The van der Waals surface area contributed by atoms with E-state index in [1.54, 1.807) is 37.6 Å². The van der Waals surface area contributed by atoms with Gasteiger partial charge >= 0.3 is 175 Å². The number of aromatic nitrogens is 2. The molecule has 0 saturated carbocycles. The fraction of sp³-hybridized carbons (Fsp3) is 0.190. The van der Waals surface area contributed by atoms with Gasteiger partial charge in [-0.25, -0.2) is 0 Å². The molecule has 0 bridgehead atoms. The van der Waals surface area contributed by atoms with E-state index in [1.165, 1.54) is 19.4 Å². The van der Waals surface area contributed by atoms with Gasteiger partial charge in [0.05, 0.1) is 0 Å². The van der Waals surface area contributed by atoms with Crippen LogP contribution in [-0.2, 0) is 25.9 Å². The molecule has 1 N–H and O–H groups in total. The van der Waals surface area contributed by atoms with Gasteiger partial charge in [0, 0.05) is 0 Å². The van der Waals surface area contributed by atoms with Crippen molar-refractivity contribution < 1.29 is 33.6 Å². The molecule has 7 heteroatoms. The molecule has 1 aromatic carbocycles. The third-order valence-electron chi connectivity index (χ3n) is 4.07. The van der Waals surface area contributed by atoms with E-state index in [2.05, 4.69) is 20.9 Å². The van der Waals surface area contributed by atoms with E-state index in [1.807, 2.05) is 30.6 Å². The first-order chi connectivity index (χ1) is 13.7. The van der Waals surface area contributed by atoms with Gasteiger partial charge in [-0.2, -0.15) is 0 Å². The summed E-state index contributed by atoms with van der Waals surface area (Å²) in [4.78, 5) is 17.0. The van der Waals surface area contributed by atoms with Crippen LogP contribution < -0.4 is 14.8 Å². The Morgan fingerprint density at radius 2 is 2.18 bits per heavy atom. The number of ether oxygens (including phenoxy) is 2. The maximum atomic E-state index is 12.6. The van der Waals surface area contributed by atoms with Crippen LogP contribution in [0.3, 0.4) is 0 Å². The van der Waals surface area contributed by atoms with Crippen LogP contribution in [0, 0.1) is 0 Å². The number of nitrogens with one attached hydrogen (secondary N) is 1. The molecule has 1 aliphatic rings. The van der Waals surface area contributed by atoms with Crippen LogP contribution in [0.15, 0.2) is 67.2 Å². The fourth-order valence-electron chi connectivity index (χ4n) is 2.67. The van der Waals surface area contributed by atoms with Crippen LogP contribution in [-0.4, -0.2) is 33.1 Å². The van der Waals surface area contributed by atoms with Gasteiger partial charge in [0.25, 0.3) is 0 Å². The van der Waals surface area contributed by atoms with Gasteiger partial charge in [0.2, 0.25) is 0 Å².